The number of carbonyl (C=O) groups is 1. The van der Waals surface area contributed by atoms with E-state index in [1.165, 1.54) is 6.20 Å². The van der Waals surface area contributed by atoms with Crippen LogP contribution in [-0.2, 0) is 4.74 Å². The Bertz CT molecular complexity index is 266. The van der Waals surface area contributed by atoms with Crippen LogP contribution in [0.3, 0.4) is 0 Å². The Labute approximate surface area is 82.6 Å². The quantitative estimate of drug-likeness (QED) is 0.613. The van der Waals surface area contributed by atoms with Crippen LogP contribution in [0.1, 0.15) is 20.8 Å². The third kappa shape index (κ3) is 2.63. The molecule has 1 unspecified atom stereocenters. The average molecular weight is 201 g/mol. The van der Waals surface area contributed by atoms with Gasteiger partial charge in [-0.1, -0.05) is 0 Å². The summed E-state index contributed by atoms with van der Waals surface area (Å²) in [6.07, 6.45) is -0.387. The van der Waals surface area contributed by atoms with E-state index in [1.54, 1.807) is 20.8 Å². The lowest BCUT2D eigenvalue weighted by atomic mass is 10.2. The molecule has 1 aliphatic rings. The maximum absolute atomic E-state index is 11.4. The largest absolute Gasteiger partial charge is 0.508 e. The van der Waals surface area contributed by atoms with Crippen molar-refractivity contribution in [2.45, 2.75) is 32.5 Å². The van der Waals surface area contributed by atoms with Gasteiger partial charge >= 0.3 is 6.09 Å². The van der Waals surface area contributed by atoms with Crippen LogP contribution < -0.4 is 0 Å². The summed E-state index contributed by atoms with van der Waals surface area (Å²) in [6, 6.07) is 0. The van der Waals surface area contributed by atoms with Crippen LogP contribution in [0.2, 0.25) is 0 Å². The molecule has 0 bridgehead atoms. The molecule has 0 aromatic carbocycles. The van der Waals surface area contributed by atoms with Crippen LogP contribution in [-0.4, -0.2) is 39.5 Å². The molecule has 0 radical (unpaired) electrons. The van der Waals surface area contributed by atoms with Crippen molar-refractivity contribution in [3.8, 4) is 0 Å². The van der Waals surface area contributed by atoms with E-state index < -0.39 is 17.8 Å². The minimum atomic E-state index is -0.998. The highest BCUT2D eigenvalue weighted by Crippen LogP contribution is 2.16. The summed E-state index contributed by atoms with van der Waals surface area (Å²) in [5.74, 6) is -0.212. The maximum atomic E-state index is 11.4. The maximum Gasteiger partial charge on any atom is 0.414 e. The van der Waals surface area contributed by atoms with Gasteiger partial charge in [-0.15, -0.1) is 0 Å². The van der Waals surface area contributed by atoms with Gasteiger partial charge in [0, 0.05) is 0 Å². The van der Waals surface area contributed by atoms with Crippen molar-refractivity contribution >= 4 is 6.09 Å². The first-order valence-electron chi connectivity index (χ1n) is 4.38. The Hall–Kier alpha value is -1.23. The van der Waals surface area contributed by atoms with Crippen molar-refractivity contribution in [1.29, 1.82) is 0 Å². The van der Waals surface area contributed by atoms with E-state index in [4.69, 9.17) is 14.9 Å². The molecule has 0 spiro atoms. The molecule has 0 saturated heterocycles. The molecule has 1 atom stereocenters. The second kappa shape index (κ2) is 3.49. The number of hydrogen-bond acceptors (Lipinski definition) is 4. The molecule has 5 nitrogen and oxygen atoms in total. The van der Waals surface area contributed by atoms with Crippen molar-refractivity contribution in [1.82, 2.24) is 4.90 Å². The lowest BCUT2D eigenvalue weighted by Gasteiger charge is -2.23. The summed E-state index contributed by atoms with van der Waals surface area (Å²) in [7, 11) is 0. The first kappa shape index (κ1) is 10.8. The van der Waals surface area contributed by atoms with Crippen molar-refractivity contribution in [2.24, 2.45) is 0 Å². The number of carbonyl (C=O) groups excluding carboxylic acids is 1. The van der Waals surface area contributed by atoms with Crippen molar-refractivity contribution in [3.63, 3.8) is 0 Å². The van der Waals surface area contributed by atoms with Gasteiger partial charge in [-0.05, 0) is 20.8 Å². The fourth-order valence-electron chi connectivity index (χ4n) is 1.03. The Morgan fingerprint density at radius 2 is 2.21 bits per heavy atom. The van der Waals surface area contributed by atoms with Gasteiger partial charge in [-0.25, -0.2) is 4.79 Å². The third-order valence-corrected chi connectivity index (χ3v) is 1.63. The Morgan fingerprint density at radius 3 is 2.57 bits per heavy atom. The molecule has 80 valence electrons. The highest BCUT2D eigenvalue weighted by Gasteiger charge is 2.29. The van der Waals surface area contributed by atoms with E-state index in [9.17, 15) is 4.79 Å². The number of rotatable bonds is 0. The van der Waals surface area contributed by atoms with E-state index in [-0.39, 0.29) is 12.3 Å². The Balaban J connectivity index is 2.57. The Morgan fingerprint density at radius 1 is 1.64 bits per heavy atom. The predicted molar refractivity (Wildman–Crippen MR) is 49.7 cm³/mol. The molecule has 0 fully saturated rings. The number of nitrogens with zero attached hydrogens (tertiary/aromatic N) is 1. The van der Waals surface area contributed by atoms with Crippen molar-refractivity contribution in [2.75, 3.05) is 6.54 Å². The lowest BCUT2D eigenvalue weighted by Crippen LogP contribution is -2.34. The topological polar surface area (TPSA) is 70.0 Å². The number of hydrogen-bond donors (Lipinski definition) is 2. The first-order valence-corrected chi connectivity index (χ1v) is 4.38. The molecule has 0 aromatic heterocycles. The molecule has 1 heterocycles. The zero-order valence-electron chi connectivity index (χ0n) is 8.52. The molecule has 1 amide bonds. The molecule has 1 rings (SSSR count). The molecule has 14 heavy (non-hydrogen) atoms. The summed E-state index contributed by atoms with van der Waals surface area (Å²) >= 11 is 0. The van der Waals surface area contributed by atoms with Crippen LogP contribution in [0.5, 0.6) is 0 Å². The number of aliphatic hydroxyl groups is 2. The van der Waals surface area contributed by atoms with Crippen LogP contribution in [0.4, 0.5) is 4.79 Å². The minimum Gasteiger partial charge on any atom is -0.508 e. The molecule has 0 saturated carbocycles. The van der Waals surface area contributed by atoms with Gasteiger partial charge in [-0.2, -0.15) is 0 Å². The van der Waals surface area contributed by atoms with E-state index >= 15 is 0 Å². The molecule has 5 heteroatoms. The predicted octanol–water partition coefficient (Wildman–Crippen LogP) is 0.997. The fourth-order valence-corrected chi connectivity index (χ4v) is 1.03. The molecule has 2 N–H and O–H groups in total. The molecule has 1 aliphatic heterocycles. The first-order chi connectivity index (χ1) is 6.29. The van der Waals surface area contributed by atoms with Crippen LogP contribution in [0.15, 0.2) is 12.0 Å². The summed E-state index contributed by atoms with van der Waals surface area (Å²) in [4.78, 5) is 12.5. The van der Waals surface area contributed by atoms with Gasteiger partial charge in [0.05, 0.1) is 12.7 Å². The fraction of sp³-hybridized carbons (Fsp3) is 0.667. The van der Waals surface area contributed by atoms with Crippen LogP contribution in [0.25, 0.3) is 0 Å². The second-order valence-electron chi connectivity index (χ2n) is 4.20. The van der Waals surface area contributed by atoms with Crippen molar-refractivity contribution < 1.29 is 19.7 Å². The SMILES string of the molecule is CC(C)(C)OC(=O)N1C=C(O)C(O)C1. The highest BCUT2D eigenvalue weighted by atomic mass is 16.6. The smallest absolute Gasteiger partial charge is 0.414 e. The van der Waals surface area contributed by atoms with E-state index in [0.717, 1.165) is 4.90 Å². The van der Waals surface area contributed by atoms with Gasteiger partial charge in [0.1, 0.15) is 17.5 Å². The number of aliphatic hydroxyl groups excluding tert-OH is 2. The highest BCUT2D eigenvalue weighted by molar-refractivity contribution is 5.70. The molecular formula is C9H15NO4. The normalized spacial score (nSPS) is 22.1. The average Bonchev–Trinajstić information content (AvgIpc) is 2.28. The third-order valence-electron chi connectivity index (χ3n) is 1.63. The number of ether oxygens (including phenoxy) is 1. The van der Waals surface area contributed by atoms with Crippen LogP contribution in [0, 0.1) is 0 Å². The van der Waals surface area contributed by atoms with Crippen molar-refractivity contribution in [3.05, 3.63) is 12.0 Å². The lowest BCUT2D eigenvalue weighted by molar-refractivity contribution is 0.0307. The van der Waals surface area contributed by atoms with Gasteiger partial charge in [0.25, 0.3) is 0 Å². The van der Waals surface area contributed by atoms with Gasteiger partial charge < -0.3 is 14.9 Å². The minimum absolute atomic E-state index is 0.0424. The zero-order valence-corrected chi connectivity index (χ0v) is 8.52. The van der Waals surface area contributed by atoms with Gasteiger partial charge in [-0.3, -0.25) is 4.90 Å². The van der Waals surface area contributed by atoms with Gasteiger partial charge in [0.15, 0.2) is 0 Å². The second-order valence-corrected chi connectivity index (χ2v) is 4.20. The summed E-state index contributed by atoms with van der Waals surface area (Å²) in [5, 5.41) is 18.2. The standard InChI is InChI=1S/C9H15NO4/c1-9(2,3)14-8(13)10-4-6(11)7(12)5-10/h4,7,11-12H,5H2,1-3H3. The van der Waals surface area contributed by atoms with Gasteiger partial charge in [0.2, 0.25) is 0 Å². The summed E-state index contributed by atoms with van der Waals surface area (Å²) < 4.78 is 5.04. The number of β-amino-alcohol motifs (C(OH)–C–C–N with tert-alkyl or cyclic N) is 1. The number of amides is 1. The molecule has 0 aromatic rings. The summed E-state index contributed by atoms with van der Waals surface area (Å²) in [5.41, 5.74) is -0.575. The Kier molecular flexibility index (Phi) is 2.71. The zero-order chi connectivity index (χ0) is 10.9. The molecule has 0 aliphatic carbocycles. The molecular weight excluding hydrogens is 186 g/mol. The monoisotopic (exact) mass is 201 g/mol. The van der Waals surface area contributed by atoms with E-state index in [0.29, 0.717) is 0 Å². The van der Waals surface area contributed by atoms with E-state index in [1.807, 2.05) is 0 Å². The van der Waals surface area contributed by atoms with E-state index in [2.05, 4.69) is 0 Å². The van der Waals surface area contributed by atoms with Crippen LogP contribution >= 0.6 is 0 Å². The summed E-state index contributed by atoms with van der Waals surface area (Å²) in [6.45, 7) is 5.30.